The van der Waals surface area contributed by atoms with Gasteiger partial charge in [-0.15, -0.1) is 12.4 Å². The van der Waals surface area contributed by atoms with Crippen molar-refractivity contribution in [1.29, 1.82) is 0 Å². The van der Waals surface area contributed by atoms with Crippen LogP contribution >= 0.6 is 12.4 Å². The molecule has 0 bridgehead atoms. The second-order valence-corrected chi connectivity index (χ2v) is 6.73. The van der Waals surface area contributed by atoms with Gasteiger partial charge < -0.3 is 20.9 Å². The fourth-order valence-electron chi connectivity index (χ4n) is 3.30. The number of aromatic nitrogens is 2. The van der Waals surface area contributed by atoms with E-state index < -0.39 is 11.7 Å². The fraction of sp³-hybridized carbons (Fsp3) is 0.688. The van der Waals surface area contributed by atoms with Gasteiger partial charge in [0.2, 0.25) is 5.95 Å². The summed E-state index contributed by atoms with van der Waals surface area (Å²) in [6.07, 6.45) is 1.15. The Morgan fingerprint density at radius 2 is 1.93 bits per heavy atom. The normalized spacial score (nSPS) is 25.1. The third-order valence-electron chi connectivity index (χ3n) is 4.69. The molecule has 1 unspecified atom stereocenters. The van der Waals surface area contributed by atoms with Crippen LogP contribution in [0.2, 0.25) is 0 Å². The Hall–Kier alpha value is -1.94. The van der Waals surface area contributed by atoms with E-state index in [4.69, 9.17) is 5.73 Å². The molecule has 0 amide bonds. The number of nitrogens with two attached hydrogens (primary N) is 1. The number of fused-ring (bicyclic) bond motifs is 1. The largest absolute Gasteiger partial charge is 0.371 e. The lowest BCUT2D eigenvalue weighted by atomic mass is 10.1. The zero-order chi connectivity index (χ0) is 18.9. The number of hydrogen-bond donors (Lipinski definition) is 4. The Morgan fingerprint density at radius 1 is 1.26 bits per heavy atom. The summed E-state index contributed by atoms with van der Waals surface area (Å²) in [6.45, 7) is 2.47. The Balaban J connectivity index is 0.00000261. The number of anilines is 3. The molecule has 0 aromatic carbocycles. The summed E-state index contributed by atoms with van der Waals surface area (Å²) in [5, 5.41) is 9.50. The molecule has 0 saturated carbocycles. The average molecular weight is 405 g/mol. The van der Waals surface area contributed by atoms with Gasteiger partial charge in [-0.3, -0.25) is 10.7 Å². The molecule has 27 heavy (non-hydrogen) atoms. The first-order chi connectivity index (χ1) is 12.3. The number of alkyl halides is 2. The van der Waals surface area contributed by atoms with Crippen LogP contribution in [0.3, 0.4) is 0 Å². The fourth-order valence-corrected chi connectivity index (χ4v) is 3.30. The van der Waals surface area contributed by atoms with Crippen molar-refractivity contribution in [2.24, 2.45) is 10.7 Å². The third kappa shape index (κ3) is 4.32. The number of aliphatic imine (C=N–C) groups is 1. The summed E-state index contributed by atoms with van der Waals surface area (Å²) in [5.41, 5.74) is 7.65. The predicted molar refractivity (Wildman–Crippen MR) is 106 cm³/mol. The lowest BCUT2D eigenvalue weighted by molar-refractivity contribution is -0.0222. The molecule has 1 atom stereocenters. The Kier molecular flexibility index (Phi) is 6.31. The molecule has 0 radical (unpaired) electrons. The zero-order valence-electron chi connectivity index (χ0n) is 15.8. The Labute approximate surface area is 163 Å². The molecule has 3 rings (SSSR count). The molecule has 1 fully saturated rings. The maximum absolute atomic E-state index is 13.5. The minimum atomic E-state index is -2.62. The van der Waals surface area contributed by atoms with E-state index in [0.717, 1.165) is 6.42 Å². The first kappa shape index (κ1) is 21.4. The topological polar surface area (TPSA) is 103 Å². The Morgan fingerprint density at radius 3 is 2.48 bits per heavy atom. The van der Waals surface area contributed by atoms with E-state index in [1.165, 1.54) is 0 Å². The molecule has 8 nitrogen and oxygen atoms in total. The molecule has 152 valence electrons. The van der Waals surface area contributed by atoms with Crippen LogP contribution in [0.5, 0.6) is 0 Å². The number of nitrogens with zero attached hydrogens (tertiary/aromatic N) is 4. The van der Waals surface area contributed by atoms with Gasteiger partial charge in [0.25, 0.3) is 5.92 Å². The standard InChI is InChI=1S/C16H26F2N8.ClH/c1-4-5-16(19)24-11-10(13(21-3)25-16)22-14(23-12(11)20-2)26-8-6-15(17,18)7-9-26;/h24H,4-9,19H2,1-3H3,(H,21,25)(H,20,22,23);1H. The second-order valence-electron chi connectivity index (χ2n) is 6.73. The molecule has 1 aromatic rings. The monoisotopic (exact) mass is 404 g/mol. The van der Waals surface area contributed by atoms with E-state index in [1.54, 1.807) is 19.0 Å². The first-order valence-corrected chi connectivity index (χ1v) is 8.86. The van der Waals surface area contributed by atoms with Crippen LogP contribution in [0.4, 0.5) is 26.2 Å². The van der Waals surface area contributed by atoms with E-state index >= 15 is 0 Å². The molecule has 0 spiro atoms. The van der Waals surface area contributed by atoms with Crippen molar-refractivity contribution in [3.8, 4) is 0 Å². The highest BCUT2D eigenvalue weighted by Crippen LogP contribution is 2.34. The minimum absolute atomic E-state index is 0. The highest BCUT2D eigenvalue weighted by Gasteiger charge is 2.38. The molecule has 1 saturated heterocycles. The number of piperidine rings is 1. The van der Waals surface area contributed by atoms with E-state index in [2.05, 4.69) is 30.9 Å². The number of hydrogen-bond acceptors (Lipinski definition) is 7. The third-order valence-corrected chi connectivity index (χ3v) is 4.69. The van der Waals surface area contributed by atoms with Crippen LogP contribution in [-0.4, -0.2) is 54.7 Å². The second kappa shape index (κ2) is 7.97. The smallest absolute Gasteiger partial charge is 0.251 e. The van der Waals surface area contributed by atoms with Gasteiger partial charge >= 0.3 is 0 Å². The van der Waals surface area contributed by atoms with Crippen LogP contribution in [0.1, 0.15) is 38.3 Å². The van der Waals surface area contributed by atoms with E-state index in [1.807, 2.05) is 6.92 Å². The van der Waals surface area contributed by atoms with Crippen molar-refractivity contribution in [2.75, 3.05) is 42.7 Å². The number of amidine groups is 1. The van der Waals surface area contributed by atoms with Crippen molar-refractivity contribution in [2.45, 2.75) is 44.3 Å². The summed E-state index contributed by atoms with van der Waals surface area (Å²) in [7, 11) is 3.41. The molecule has 2 aliphatic heterocycles. The maximum Gasteiger partial charge on any atom is 0.251 e. The van der Waals surface area contributed by atoms with Gasteiger partial charge in [0.05, 0.1) is 0 Å². The molecular weight excluding hydrogens is 378 g/mol. The molecule has 2 aliphatic rings. The highest BCUT2D eigenvalue weighted by atomic mass is 35.5. The number of nitrogens with one attached hydrogen (secondary N) is 3. The van der Waals surface area contributed by atoms with Gasteiger partial charge in [-0.05, 0) is 0 Å². The van der Waals surface area contributed by atoms with Crippen molar-refractivity contribution < 1.29 is 8.78 Å². The van der Waals surface area contributed by atoms with Crippen LogP contribution in [0.15, 0.2) is 4.99 Å². The number of halogens is 3. The number of rotatable bonds is 4. The summed E-state index contributed by atoms with van der Waals surface area (Å²) in [5.74, 6) is -1.93. The average Bonchev–Trinajstić information content (AvgIpc) is 2.60. The summed E-state index contributed by atoms with van der Waals surface area (Å²) in [4.78, 5) is 15.2. The van der Waals surface area contributed by atoms with Crippen molar-refractivity contribution in [3.63, 3.8) is 0 Å². The van der Waals surface area contributed by atoms with Gasteiger partial charge in [0.15, 0.2) is 17.4 Å². The van der Waals surface area contributed by atoms with Gasteiger partial charge in [0.1, 0.15) is 11.4 Å². The lowest BCUT2D eigenvalue weighted by Crippen LogP contribution is -2.64. The van der Waals surface area contributed by atoms with Crippen LogP contribution in [-0.2, 0) is 0 Å². The van der Waals surface area contributed by atoms with Gasteiger partial charge in [-0.2, -0.15) is 4.98 Å². The molecular formula is C16H27ClF2N8. The minimum Gasteiger partial charge on any atom is -0.371 e. The van der Waals surface area contributed by atoms with Crippen LogP contribution in [0.25, 0.3) is 0 Å². The molecule has 3 heterocycles. The van der Waals surface area contributed by atoms with Crippen molar-refractivity contribution >= 4 is 35.7 Å². The first-order valence-electron chi connectivity index (χ1n) is 8.86. The molecule has 0 aliphatic carbocycles. The van der Waals surface area contributed by atoms with E-state index in [-0.39, 0.29) is 38.3 Å². The van der Waals surface area contributed by atoms with Crippen LogP contribution in [0, 0.1) is 0 Å². The predicted octanol–water partition coefficient (Wildman–Crippen LogP) is 1.98. The summed E-state index contributed by atoms with van der Waals surface area (Å²) >= 11 is 0. The molecule has 11 heteroatoms. The van der Waals surface area contributed by atoms with E-state index in [9.17, 15) is 8.78 Å². The molecule has 1 aromatic heterocycles. The Bertz CT molecular complexity index is 704. The lowest BCUT2D eigenvalue weighted by Gasteiger charge is -2.39. The highest BCUT2D eigenvalue weighted by molar-refractivity contribution is 6.06. The van der Waals surface area contributed by atoms with Gasteiger partial charge in [-0.1, -0.05) is 13.3 Å². The summed E-state index contributed by atoms with van der Waals surface area (Å²) in [6, 6.07) is 0. The van der Waals surface area contributed by atoms with Crippen LogP contribution < -0.4 is 26.6 Å². The quantitative estimate of drug-likeness (QED) is 0.608. The zero-order valence-corrected chi connectivity index (χ0v) is 16.6. The van der Waals surface area contributed by atoms with Crippen molar-refractivity contribution in [3.05, 3.63) is 5.69 Å². The maximum atomic E-state index is 13.5. The van der Waals surface area contributed by atoms with Crippen molar-refractivity contribution in [1.82, 2.24) is 15.3 Å². The van der Waals surface area contributed by atoms with E-state index in [0.29, 0.717) is 35.4 Å². The van der Waals surface area contributed by atoms with Gasteiger partial charge in [-0.25, -0.2) is 13.8 Å². The molecule has 5 N–H and O–H groups in total. The summed E-state index contributed by atoms with van der Waals surface area (Å²) < 4.78 is 26.9. The SMILES string of the molecule is CCCC1(N)NC(=NC)c2nc(N3CCC(F)(F)CC3)nc(NC)c2N1.Cl. The van der Waals surface area contributed by atoms with Gasteiger partial charge in [0, 0.05) is 46.4 Å².